The van der Waals surface area contributed by atoms with Crippen molar-refractivity contribution in [3.8, 4) is 11.4 Å². The van der Waals surface area contributed by atoms with Gasteiger partial charge in [-0.1, -0.05) is 24.1 Å². The van der Waals surface area contributed by atoms with Crippen LogP contribution in [0.15, 0.2) is 24.4 Å². The molecule has 0 atom stereocenters. The summed E-state index contributed by atoms with van der Waals surface area (Å²) in [6, 6.07) is 5.65. The Kier molecular flexibility index (Phi) is 2.98. The first-order valence-electron chi connectivity index (χ1n) is 6.37. The first-order valence-corrected chi connectivity index (χ1v) is 6.37. The van der Waals surface area contributed by atoms with Crippen LogP contribution in [0.3, 0.4) is 0 Å². The van der Waals surface area contributed by atoms with E-state index < -0.39 is 5.97 Å². The number of aromatic nitrogens is 4. The van der Waals surface area contributed by atoms with Gasteiger partial charge >= 0.3 is 5.97 Å². The van der Waals surface area contributed by atoms with E-state index in [0.29, 0.717) is 11.4 Å². The number of aromatic carboxylic acids is 1. The first-order chi connectivity index (χ1) is 9.27. The van der Waals surface area contributed by atoms with Gasteiger partial charge < -0.3 is 5.11 Å². The lowest BCUT2D eigenvalue weighted by atomic mass is 10.2. The van der Waals surface area contributed by atoms with Gasteiger partial charge in [-0.3, -0.25) is 4.98 Å². The Morgan fingerprint density at radius 1 is 1.32 bits per heavy atom. The minimum Gasteiger partial charge on any atom is -0.476 e. The highest BCUT2D eigenvalue weighted by atomic mass is 16.4. The molecule has 0 saturated heterocycles. The summed E-state index contributed by atoms with van der Waals surface area (Å²) in [5.41, 5.74) is 1.10. The minimum atomic E-state index is -1.06. The predicted octanol–water partition coefficient (Wildman–Crippen LogP) is 2.15. The molecule has 1 aliphatic rings. The van der Waals surface area contributed by atoms with Gasteiger partial charge in [0.05, 0.1) is 11.7 Å². The predicted molar refractivity (Wildman–Crippen MR) is 67.7 cm³/mol. The topological polar surface area (TPSA) is 80.9 Å². The molecule has 0 aliphatic heterocycles. The molecule has 6 nitrogen and oxygen atoms in total. The monoisotopic (exact) mass is 258 g/mol. The van der Waals surface area contributed by atoms with Gasteiger partial charge in [-0.15, -0.1) is 5.10 Å². The number of hydrogen-bond acceptors (Lipinski definition) is 4. The van der Waals surface area contributed by atoms with Crippen molar-refractivity contribution in [1.82, 2.24) is 20.0 Å². The standard InChI is InChI=1S/C13H14N4O2/c18-13(19)11-12(10-7-3-4-8-14-10)17(16-15-11)9-5-1-2-6-9/h3-4,7-9H,1-2,5-6H2,(H,18,19). The van der Waals surface area contributed by atoms with E-state index in [1.165, 1.54) is 0 Å². The van der Waals surface area contributed by atoms with E-state index in [4.69, 9.17) is 0 Å². The Labute approximate surface area is 110 Å². The summed E-state index contributed by atoms with van der Waals surface area (Å²) >= 11 is 0. The van der Waals surface area contributed by atoms with Crippen LogP contribution in [0.5, 0.6) is 0 Å². The average molecular weight is 258 g/mol. The maximum absolute atomic E-state index is 11.3. The van der Waals surface area contributed by atoms with E-state index in [-0.39, 0.29) is 11.7 Å². The number of nitrogens with zero attached hydrogens (tertiary/aromatic N) is 4. The first kappa shape index (κ1) is 11.8. The van der Waals surface area contributed by atoms with Gasteiger partial charge in [0.15, 0.2) is 5.69 Å². The minimum absolute atomic E-state index is 0.0226. The molecule has 0 unspecified atom stereocenters. The fraction of sp³-hybridized carbons (Fsp3) is 0.385. The molecular weight excluding hydrogens is 244 g/mol. The molecule has 1 N–H and O–H groups in total. The maximum atomic E-state index is 11.3. The van der Waals surface area contributed by atoms with Crippen molar-refractivity contribution in [2.45, 2.75) is 31.7 Å². The summed E-state index contributed by atoms with van der Waals surface area (Å²) in [4.78, 5) is 15.5. The van der Waals surface area contributed by atoms with E-state index >= 15 is 0 Å². The lowest BCUT2D eigenvalue weighted by molar-refractivity contribution is 0.0691. The zero-order chi connectivity index (χ0) is 13.2. The summed E-state index contributed by atoms with van der Waals surface area (Å²) in [6.45, 7) is 0. The number of pyridine rings is 1. The van der Waals surface area contributed by atoms with Gasteiger partial charge in [0.25, 0.3) is 0 Å². The highest BCUT2D eigenvalue weighted by Gasteiger charge is 2.27. The molecule has 6 heteroatoms. The molecule has 1 saturated carbocycles. The molecule has 0 bridgehead atoms. The molecule has 1 aliphatic carbocycles. The van der Waals surface area contributed by atoms with E-state index in [9.17, 15) is 9.90 Å². The van der Waals surface area contributed by atoms with Crippen LogP contribution in [-0.4, -0.2) is 31.1 Å². The van der Waals surface area contributed by atoms with Gasteiger partial charge in [-0.25, -0.2) is 9.48 Å². The number of carbonyl (C=O) groups is 1. The molecule has 2 aromatic heterocycles. The van der Waals surface area contributed by atoms with E-state index in [2.05, 4.69) is 15.3 Å². The summed E-state index contributed by atoms with van der Waals surface area (Å²) in [5.74, 6) is -1.06. The fourth-order valence-corrected chi connectivity index (χ4v) is 2.58. The van der Waals surface area contributed by atoms with E-state index in [0.717, 1.165) is 25.7 Å². The zero-order valence-electron chi connectivity index (χ0n) is 10.4. The number of hydrogen-bond donors (Lipinski definition) is 1. The van der Waals surface area contributed by atoms with Crippen molar-refractivity contribution in [1.29, 1.82) is 0 Å². The second-order valence-corrected chi connectivity index (χ2v) is 4.69. The van der Waals surface area contributed by atoms with Crippen molar-refractivity contribution in [3.63, 3.8) is 0 Å². The summed E-state index contributed by atoms with van der Waals surface area (Å²) < 4.78 is 1.73. The van der Waals surface area contributed by atoms with Gasteiger partial charge in [0.2, 0.25) is 0 Å². The SMILES string of the molecule is O=C(O)c1nnn(C2CCCC2)c1-c1ccccn1. The molecular formula is C13H14N4O2. The van der Waals surface area contributed by atoms with Gasteiger partial charge in [0, 0.05) is 6.20 Å². The Balaban J connectivity index is 2.13. The second-order valence-electron chi connectivity index (χ2n) is 4.69. The van der Waals surface area contributed by atoms with Crippen LogP contribution in [0.1, 0.15) is 42.2 Å². The van der Waals surface area contributed by atoms with Crippen LogP contribution in [0.25, 0.3) is 11.4 Å². The largest absolute Gasteiger partial charge is 0.476 e. The third kappa shape index (κ3) is 2.09. The van der Waals surface area contributed by atoms with Crippen molar-refractivity contribution in [2.75, 3.05) is 0 Å². The fourth-order valence-electron chi connectivity index (χ4n) is 2.58. The van der Waals surface area contributed by atoms with Crippen molar-refractivity contribution in [3.05, 3.63) is 30.1 Å². The molecule has 3 rings (SSSR count). The van der Waals surface area contributed by atoms with Gasteiger partial charge in [0.1, 0.15) is 5.69 Å². The van der Waals surface area contributed by atoms with Crippen LogP contribution in [0, 0.1) is 0 Å². The van der Waals surface area contributed by atoms with Crippen LogP contribution in [-0.2, 0) is 0 Å². The maximum Gasteiger partial charge on any atom is 0.358 e. The summed E-state index contributed by atoms with van der Waals surface area (Å²) in [5, 5.41) is 17.1. The molecule has 0 radical (unpaired) electrons. The van der Waals surface area contributed by atoms with Crippen LogP contribution >= 0.6 is 0 Å². The molecule has 2 aromatic rings. The molecule has 1 fully saturated rings. The highest BCUT2D eigenvalue weighted by molar-refractivity contribution is 5.92. The van der Waals surface area contributed by atoms with Crippen LogP contribution in [0.4, 0.5) is 0 Å². The highest BCUT2D eigenvalue weighted by Crippen LogP contribution is 2.33. The second kappa shape index (κ2) is 4.79. The van der Waals surface area contributed by atoms with Crippen molar-refractivity contribution in [2.24, 2.45) is 0 Å². The summed E-state index contributed by atoms with van der Waals surface area (Å²) in [7, 11) is 0. The van der Waals surface area contributed by atoms with E-state index in [1.807, 2.05) is 6.07 Å². The van der Waals surface area contributed by atoms with Crippen molar-refractivity contribution >= 4 is 5.97 Å². The quantitative estimate of drug-likeness (QED) is 0.912. The Bertz CT molecular complexity index is 588. The molecule has 0 aromatic carbocycles. The molecule has 98 valence electrons. The number of carboxylic acid groups (broad SMARTS) is 1. The van der Waals surface area contributed by atoms with Crippen LogP contribution in [0.2, 0.25) is 0 Å². The number of rotatable bonds is 3. The Hall–Kier alpha value is -2.24. The molecule has 0 spiro atoms. The molecule has 0 amide bonds. The molecule has 19 heavy (non-hydrogen) atoms. The smallest absolute Gasteiger partial charge is 0.358 e. The number of carboxylic acids is 1. The van der Waals surface area contributed by atoms with Gasteiger partial charge in [-0.05, 0) is 25.0 Å². The lowest BCUT2D eigenvalue weighted by Gasteiger charge is -2.12. The van der Waals surface area contributed by atoms with Gasteiger partial charge in [-0.2, -0.15) is 0 Å². The third-order valence-electron chi connectivity index (χ3n) is 3.48. The Morgan fingerprint density at radius 3 is 2.74 bits per heavy atom. The average Bonchev–Trinajstić information content (AvgIpc) is 3.08. The summed E-state index contributed by atoms with van der Waals surface area (Å²) in [6.07, 6.45) is 5.97. The lowest BCUT2D eigenvalue weighted by Crippen LogP contribution is -2.10. The third-order valence-corrected chi connectivity index (χ3v) is 3.48. The van der Waals surface area contributed by atoms with Crippen molar-refractivity contribution < 1.29 is 9.90 Å². The van der Waals surface area contributed by atoms with E-state index in [1.54, 1.807) is 23.0 Å². The normalized spacial score (nSPS) is 15.8. The van der Waals surface area contributed by atoms with Crippen LogP contribution < -0.4 is 0 Å². The molecule has 2 heterocycles. The zero-order valence-corrected chi connectivity index (χ0v) is 10.4. The Morgan fingerprint density at radius 2 is 2.11 bits per heavy atom.